The molecule has 1 rings (SSSR count). The molecule has 1 unspecified atom stereocenters. The number of allylic oxidation sites excluding steroid dienone is 1. The van der Waals surface area contributed by atoms with Gasteiger partial charge >= 0.3 is 0 Å². The molecule has 0 aliphatic heterocycles. The van der Waals surface area contributed by atoms with Gasteiger partial charge in [0, 0.05) is 17.8 Å². The zero-order chi connectivity index (χ0) is 15.7. The first-order valence-electron chi connectivity index (χ1n) is 7.08. The molecule has 0 aromatic heterocycles. The van der Waals surface area contributed by atoms with Crippen molar-refractivity contribution in [3.8, 4) is 0 Å². The number of hydrazine groups is 1. The van der Waals surface area contributed by atoms with Crippen molar-refractivity contribution in [2.24, 2.45) is 0 Å². The van der Waals surface area contributed by atoms with Crippen LogP contribution in [-0.2, 0) is 16.0 Å². The van der Waals surface area contributed by atoms with Crippen molar-refractivity contribution < 1.29 is 9.59 Å². The van der Waals surface area contributed by atoms with Crippen LogP contribution in [0.4, 0.5) is 0 Å². The fourth-order valence-corrected chi connectivity index (χ4v) is 1.61. The number of nitrogens with one attached hydrogen (secondary N) is 3. The highest BCUT2D eigenvalue weighted by atomic mass is 16.2. The third kappa shape index (κ3) is 7.15. The van der Waals surface area contributed by atoms with Crippen LogP contribution < -0.4 is 16.2 Å². The molecule has 0 fully saturated rings. The van der Waals surface area contributed by atoms with Gasteiger partial charge in [-0.15, -0.1) is 0 Å². The van der Waals surface area contributed by atoms with Crippen molar-refractivity contribution in [1.82, 2.24) is 16.2 Å². The molecule has 0 saturated carbocycles. The minimum atomic E-state index is -0.174. The van der Waals surface area contributed by atoms with Crippen molar-refractivity contribution in [2.45, 2.75) is 39.7 Å². The highest BCUT2D eigenvalue weighted by Gasteiger charge is 2.04. The number of rotatable bonds is 7. The molecule has 5 heteroatoms. The van der Waals surface area contributed by atoms with Crippen molar-refractivity contribution in [3.05, 3.63) is 47.7 Å². The zero-order valence-electron chi connectivity index (χ0n) is 12.8. The van der Waals surface area contributed by atoms with E-state index in [9.17, 15) is 9.59 Å². The van der Waals surface area contributed by atoms with Crippen LogP contribution in [0.25, 0.3) is 0 Å². The maximum Gasteiger partial charge on any atom is 0.245 e. The van der Waals surface area contributed by atoms with E-state index in [1.807, 2.05) is 44.2 Å². The van der Waals surface area contributed by atoms with Gasteiger partial charge in [-0.2, -0.15) is 0 Å². The Morgan fingerprint density at radius 1 is 1.19 bits per heavy atom. The molecule has 0 radical (unpaired) electrons. The molecule has 1 atom stereocenters. The summed E-state index contributed by atoms with van der Waals surface area (Å²) in [7, 11) is 0. The van der Waals surface area contributed by atoms with E-state index < -0.39 is 0 Å². The highest BCUT2D eigenvalue weighted by molar-refractivity contribution is 5.88. The molecule has 1 aromatic carbocycles. The van der Waals surface area contributed by atoms with Crippen LogP contribution in [0.1, 0.15) is 32.8 Å². The lowest BCUT2D eigenvalue weighted by Gasteiger charge is -2.11. The largest absolute Gasteiger partial charge is 0.350 e. The SMILES string of the molecule is CCC(C)NC(=O)C=C(C)NNC(=O)Cc1ccccc1. The minimum absolute atomic E-state index is 0.134. The first kappa shape index (κ1) is 16.8. The molecule has 0 heterocycles. The second kappa shape index (κ2) is 8.79. The average Bonchev–Trinajstić information content (AvgIpc) is 2.46. The molecular formula is C16H23N3O2. The van der Waals surface area contributed by atoms with Gasteiger partial charge < -0.3 is 10.7 Å². The van der Waals surface area contributed by atoms with E-state index in [4.69, 9.17) is 0 Å². The Kier molecular flexibility index (Phi) is 7.01. The van der Waals surface area contributed by atoms with Gasteiger partial charge in [0.15, 0.2) is 0 Å². The smallest absolute Gasteiger partial charge is 0.245 e. The van der Waals surface area contributed by atoms with Crippen LogP contribution in [0, 0.1) is 0 Å². The lowest BCUT2D eigenvalue weighted by Crippen LogP contribution is -2.38. The van der Waals surface area contributed by atoms with Gasteiger partial charge in [0.05, 0.1) is 6.42 Å². The molecule has 21 heavy (non-hydrogen) atoms. The second-order valence-corrected chi connectivity index (χ2v) is 4.98. The molecule has 0 aliphatic carbocycles. The van der Waals surface area contributed by atoms with Gasteiger partial charge in [-0.05, 0) is 25.8 Å². The summed E-state index contributed by atoms with van der Waals surface area (Å²) in [6.45, 7) is 5.67. The van der Waals surface area contributed by atoms with Crippen LogP contribution >= 0.6 is 0 Å². The van der Waals surface area contributed by atoms with Crippen molar-refractivity contribution in [2.75, 3.05) is 0 Å². The molecule has 0 saturated heterocycles. The molecule has 5 nitrogen and oxygen atoms in total. The van der Waals surface area contributed by atoms with Crippen LogP contribution in [0.3, 0.4) is 0 Å². The quantitative estimate of drug-likeness (QED) is 0.528. The van der Waals surface area contributed by atoms with E-state index in [1.165, 1.54) is 6.08 Å². The normalized spacial score (nSPS) is 12.4. The first-order chi connectivity index (χ1) is 10.0. The van der Waals surface area contributed by atoms with Gasteiger partial charge in [-0.1, -0.05) is 37.3 Å². The number of hydrogen-bond donors (Lipinski definition) is 3. The van der Waals surface area contributed by atoms with Crippen molar-refractivity contribution >= 4 is 11.8 Å². The lowest BCUT2D eigenvalue weighted by molar-refractivity contribution is -0.121. The number of amides is 2. The van der Waals surface area contributed by atoms with Gasteiger partial charge in [0.25, 0.3) is 0 Å². The molecule has 0 bridgehead atoms. The van der Waals surface area contributed by atoms with Crippen LogP contribution in [-0.4, -0.2) is 17.9 Å². The monoisotopic (exact) mass is 289 g/mol. The second-order valence-electron chi connectivity index (χ2n) is 4.98. The summed E-state index contributed by atoms with van der Waals surface area (Å²) >= 11 is 0. The van der Waals surface area contributed by atoms with E-state index in [-0.39, 0.29) is 17.9 Å². The van der Waals surface area contributed by atoms with Gasteiger partial charge in [0.2, 0.25) is 11.8 Å². The molecule has 0 aliphatic rings. The summed E-state index contributed by atoms with van der Waals surface area (Å²) in [6.07, 6.45) is 2.59. The Labute approximate surface area is 125 Å². The summed E-state index contributed by atoms with van der Waals surface area (Å²) < 4.78 is 0. The van der Waals surface area contributed by atoms with Crippen molar-refractivity contribution in [3.63, 3.8) is 0 Å². The summed E-state index contributed by atoms with van der Waals surface area (Å²) in [5.41, 5.74) is 6.81. The first-order valence-corrected chi connectivity index (χ1v) is 7.08. The topological polar surface area (TPSA) is 70.2 Å². The predicted molar refractivity (Wildman–Crippen MR) is 83.1 cm³/mol. The Morgan fingerprint density at radius 2 is 1.86 bits per heavy atom. The standard InChI is InChI=1S/C16H23N3O2/c1-4-12(2)17-15(20)10-13(3)18-19-16(21)11-14-8-6-5-7-9-14/h5-10,12,18H,4,11H2,1-3H3,(H,17,20)(H,19,21). The Hall–Kier alpha value is -2.30. The molecule has 1 aromatic rings. The van der Waals surface area contributed by atoms with Gasteiger partial charge in [-0.25, -0.2) is 0 Å². The highest BCUT2D eigenvalue weighted by Crippen LogP contribution is 1.98. The number of hydrogen-bond acceptors (Lipinski definition) is 3. The van der Waals surface area contributed by atoms with Crippen LogP contribution in [0.2, 0.25) is 0 Å². The fraction of sp³-hybridized carbons (Fsp3) is 0.375. The zero-order valence-corrected chi connectivity index (χ0v) is 12.8. The fourth-order valence-electron chi connectivity index (χ4n) is 1.61. The molecule has 114 valence electrons. The van der Waals surface area contributed by atoms with Crippen LogP contribution in [0.5, 0.6) is 0 Å². The average molecular weight is 289 g/mol. The molecule has 3 N–H and O–H groups in total. The van der Waals surface area contributed by atoms with E-state index in [0.717, 1.165) is 12.0 Å². The Balaban J connectivity index is 2.36. The third-order valence-electron chi connectivity index (χ3n) is 2.96. The predicted octanol–water partition coefficient (Wildman–Crippen LogP) is 1.67. The molecule has 2 amide bonds. The number of carbonyl (C=O) groups excluding carboxylic acids is 2. The van der Waals surface area contributed by atoms with E-state index in [2.05, 4.69) is 16.2 Å². The minimum Gasteiger partial charge on any atom is -0.350 e. The molecular weight excluding hydrogens is 266 g/mol. The maximum absolute atomic E-state index is 11.7. The molecule has 0 spiro atoms. The summed E-state index contributed by atoms with van der Waals surface area (Å²) in [5.74, 6) is -0.331. The van der Waals surface area contributed by atoms with Gasteiger partial charge in [0.1, 0.15) is 0 Å². The van der Waals surface area contributed by atoms with E-state index in [1.54, 1.807) is 6.92 Å². The van der Waals surface area contributed by atoms with Crippen molar-refractivity contribution in [1.29, 1.82) is 0 Å². The summed E-state index contributed by atoms with van der Waals surface area (Å²) in [6, 6.07) is 9.60. The Morgan fingerprint density at radius 3 is 2.48 bits per heavy atom. The summed E-state index contributed by atoms with van der Waals surface area (Å²) in [4.78, 5) is 23.3. The summed E-state index contributed by atoms with van der Waals surface area (Å²) in [5, 5.41) is 2.82. The van der Waals surface area contributed by atoms with Crippen LogP contribution in [0.15, 0.2) is 42.1 Å². The Bertz CT molecular complexity index is 498. The third-order valence-corrected chi connectivity index (χ3v) is 2.96. The lowest BCUT2D eigenvalue weighted by atomic mass is 10.1. The van der Waals surface area contributed by atoms with Gasteiger partial charge in [-0.3, -0.25) is 15.0 Å². The van der Waals surface area contributed by atoms with E-state index in [0.29, 0.717) is 12.1 Å². The number of carbonyl (C=O) groups is 2. The maximum atomic E-state index is 11.7. The number of benzene rings is 1. The van der Waals surface area contributed by atoms with E-state index >= 15 is 0 Å².